The summed E-state index contributed by atoms with van der Waals surface area (Å²) in [6.07, 6.45) is 0. The lowest BCUT2D eigenvalue weighted by Gasteiger charge is -2.12. The topological polar surface area (TPSA) is 109 Å². The molecule has 170 valence electrons. The highest BCUT2D eigenvalue weighted by atomic mass is 32.2. The van der Waals surface area contributed by atoms with Crippen molar-refractivity contribution < 1.29 is 22.6 Å². The van der Waals surface area contributed by atoms with Gasteiger partial charge in [-0.2, -0.15) is 5.10 Å². The number of ether oxygens (including phenoxy) is 3. The minimum Gasteiger partial charge on any atom is -0.497 e. The number of nitrogens with one attached hydrogen (secondary N) is 1. The van der Waals surface area contributed by atoms with Crippen molar-refractivity contribution in [2.75, 3.05) is 27.4 Å². The van der Waals surface area contributed by atoms with Crippen LogP contribution in [0.15, 0.2) is 64.3 Å². The molecule has 0 unspecified atom stereocenters. The fourth-order valence-electron chi connectivity index (χ4n) is 3.01. The Labute approximate surface area is 186 Å². The van der Waals surface area contributed by atoms with Gasteiger partial charge in [0.15, 0.2) is 0 Å². The number of aromatic nitrogens is 2. The van der Waals surface area contributed by atoms with Gasteiger partial charge in [-0.1, -0.05) is 0 Å². The lowest BCUT2D eigenvalue weighted by Crippen LogP contribution is -2.32. The second-order valence-corrected chi connectivity index (χ2v) is 8.39. The van der Waals surface area contributed by atoms with Gasteiger partial charge in [-0.3, -0.25) is 4.79 Å². The standard InChI is InChI=1S/C22H25N3O6S/c1-4-31-17-7-5-16(6-8-17)19-10-12-22(26)25(24-19)14-13-23-32(27,28)21-11-9-18(29-2)15-20(21)30-3/h5-12,15,23H,4,13-14H2,1-3H3. The summed E-state index contributed by atoms with van der Waals surface area (Å²) in [5.74, 6) is 1.38. The molecule has 1 N–H and O–H groups in total. The highest BCUT2D eigenvalue weighted by Crippen LogP contribution is 2.28. The van der Waals surface area contributed by atoms with Crippen molar-refractivity contribution in [3.05, 3.63) is 65.0 Å². The van der Waals surface area contributed by atoms with Gasteiger partial charge in [0.25, 0.3) is 5.56 Å². The Morgan fingerprint density at radius 3 is 2.34 bits per heavy atom. The second-order valence-electron chi connectivity index (χ2n) is 6.65. The zero-order valence-electron chi connectivity index (χ0n) is 18.1. The van der Waals surface area contributed by atoms with E-state index in [9.17, 15) is 13.2 Å². The third-order valence-electron chi connectivity index (χ3n) is 4.60. The average molecular weight is 460 g/mol. The Hall–Kier alpha value is -3.37. The van der Waals surface area contributed by atoms with Crippen molar-refractivity contribution in [2.45, 2.75) is 18.4 Å². The fourth-order valence-corrected chi connectivity index (χ4v) is 4.18. The summed E-state index contributed by atoms with van der Waals surface area (Å²) in [5, 5.41) is 4.35. The summed E-state index contributed by atoms with van der Waals surface area (Å²) in [7, 11) is -1.01. The van der Waals surface area contributed by atoms with Crippen LogP contribution in [0.4, 0.5) is 0 Å². The first-order valence-corrected chi connectivity index (χ1v) is 11.4. The maximum absolute atomic E-state index is 12.7. The Morgan fingerprint density at radius 2 is 1.69 bits per heavy atom. The van der Waals surface area contributed by atoms with Crippen LogP contribution in [0.1, 0.15) is 6.92 Å². The van der Waals surface area contributed by atoms with E-state index in [1.54, 1.807) is 6.07 Å². The van der Waals surface area contributed by atoms with Crippen LogP contribution in [-0.4, -0.2) is 45.6 Å². The van der Waals surface area contributed by atoms with Crippen molar-refractivity contribution in [1.29, 1.82) is 0 Å². The van der Waals surface area contributed by atoms with E-state index >= 15 is 0 Å². The number of benzene rings is 2. The molecular formula is C22H25N3O6S. The fraction of sp³-hybridized carbons (Fsp3) is 0.273. The molecule has 0 saturated heterocycles. The van der Waals surface area contributed by atoms with Crippen molar-refractivity contribution in [1.82, 2.24) is 14.5 Å². The van der Waals surface area contributed by atoms with Crippen LogP contribution in [0, 0.1) is 0 Å². The summed E-state index contributed by atoms with van der Waals surface area (Å²) in [5.41, 5.74) is 1.07. The first-order chi connectivity index (χ1) is 15.4. The molecule has 0 fully saturated rings. The van der Waals surface area contributed by atoms with Gasteiger partial charge < -0.3 is 14.2 Å². The molecule has 0 spiro atoms. The van der Waals surface area contributed by atoms with Crippen molar-refractivity contribution in [3.63, 3.8) is 0 Å². The molecule has 3 rings (SSSR count). The molecule has 0 aliphatic rings. The molecule has 32 heavy (non-hydrogen) atoms. The highest BCUT2D eigenvalue weighted by Gasteiger charge is 2.20. The predicted molar refractivity (Wildman–Crippen MR) is 120 cm³/mol. The van der Waals surface area contributed by atoms with E-state index in [-0.39, 0.29) is 29.3 Å². The average Bonchev–Trinajstić information content (AvgIpc) is 2.80. The van der Waals surface area contributed by atoms with Crippen LogP contribution in [-0.2, 0) is 16.6 Å². The van der Waals surface area contributed by atoms with Gasteiger partial charge in [0.1, 0.15) is 22.1 Å². The van der Waals surface area contributed by atoms with Crippen LogP contribution in [0.5, 0.6) is 17.2 Å². The molecule has 1 aromatic heterocycles. The molecule has 0 atom stereocenters. The molecule has 0 radical (unpaired) electrons. The molecule has 3 aromatic rings. The van der Waals surface area contributed by atoms with Gasteiger partial charge in [0.2, 0.25) is 10.0 Å². The summed E-state index contributed by atoms with van der Waals surface area (Å²) in [4.78, 5) is 12.2. The minimum absolute atomic E-state index is 0.0238. The summed E-state index contributed by atoms with van der Waals surface area (Å²) >= 11 is 0. The first-order valence-electron chi connectivity index (χ1n) is 9.91. The van der Waals surface area contributed by atoms with Crippen molar-refractivity contribution in [3.8, 4) is 28.5 Å². The smallest absolute Gasteiger partial charge is 0.266 e. The van der Waals surface area contributed by atoms with Gasteiger partial charge in [0.05, 0.1) is 33.1 Å². The number of nitrogens with zero attached hydrogens (tertiary/aromatic N) is 2. The molecular weight excluding hydrogens is 434 g/mol. The minimum atomic E-state index is -3.87. The molecule has 2 aromatic carbocycles. The molecule has 0 bridgehead atoms. The van der Waals surface area contributed by atoms with Gasteiger partial charge in [-0.25, -0.2) is 17.8 Å². The normalized spacial score (nSPS) is 11.2. The van der Waals surface area contributed by atoms with E-state index in [0.29, 0.717) is 18.1 Å². The molecule has 1 heterocycles. The second kappa shape index (κ2) is 10.3. The number of rotatable bonds is 10. The zero-order chi connectivity index (χ0) is 23.1. The zero-order valence-corrected chi connectivity index (χ0v) is 18.9. The summed E-state index contributed by atoms with van der Waals surface area (Å²) in [6.45, 7) is 2.50. The van der Waals surface area contributed by atoms with E-state index in [0.717, 1.165) is 11.3 Å². The maximum Gasteiger partial charge on any atom is 0.266 e. The number of hydrogen-bond acceptors (Lipinski definition) is 7. The maximum atomic E-state index is 12.7. The predicted octanol–water partition coefficient (Wildman–Crippen LogP) is 2.30. The first kappa shape index (κ1) is 23.3. The van der Waals surface area contributed by atoms with E-state index in [4.69, 9.17) is 14.2 Å². The third kappa shape index (κ3) is 5.45. The van der Waals surface area contributed by atoms with E-state index in [1.807, 2.05) is 31.2 Å². The SMILES string of the molecule is CCOc1ccc(-c2ccc(=O)n(CCNS(=O)(=O)c3ccc(OC)cc3OC)n2)cc1. The molecule has 9 nitrogen and oxygen atoms in total. The lowest BCUT2D eigenvalue weighted by molar-refractivity contribution is 0.340. The highest BCUT2D eigenvalue weighted by molar-refractivity contribution is 7.89. The van der Waals surface area contributed by atoms with E-state index < -0.39 is 10.0 Å². The van der Waals surface area contributed by atoms with Gasteiger partial charge in [-0.15, -0.1) is 0 Å². The molecule has 10 heteroatoms. The van der Waals surface area contributed by atoms with Crippen LogP contribution < -0.4 is 24.5 Å². The van der Waals surface area contributed by atoms with Crippen LogP contribution in [0.25, 0.3) is 11.3 Å². The summed E-state index contributed by atoms with van der Waals surface area (Å²) < 4.78 is 44.8. The van der Waals surface area contributed by atoms with Gasteiger partial charge in [0, 0.05) is 24.2 Å². The molecule has 0 saturated carbocycles. The summed E-state index contributed by atoms with van der Waals surface area (Å²) in [6, 6.07) is 14.8. The Kier molecular flexibility index (Phi) is 7.49. The van der Waals surface area contributed by atoms with Crippen LogP contribution in [0.2, 0.25) is 0 Å². The molecule has 0 amide bonds. The number of sulfonamides is 1. The lowest BCUT2D eigenvalue weighted by atomic mass is 10.1. The Balaban J connectivity index is 1.73. The Bertz CT molecular complexity index is 1220. The van der Waals surface area contributed by atoms with Crippen molar-refractivity contribution >= 4 is 10.0 Å². The quantitative estimate of drug-likeness (QED) is 0.496. The van der Waals surface area contributed by atoms with E-state index in [1.165, 1.54) is 43.2 Å². The third-order valence-corrected chi connectivity index (χ3v) is 6.10. The Morgan fingerprint density at radius 1 is 0.969 bits per heavy atom. The monoisotopic (exact) mass is 459 g/mol. The van der Waals surface area contributed by atoms with Crippen molar-refractivity contribution in [2.24, 2.45) is 0 Å². The largest absolute Gasteiger partial charge is 0.497 e. The van der Waals surface area contributed by atoms with Gasteiger partial charge >= 0.3 is 0 Å². The van der Waals surface area contributed by atoms with Crippen LogP contribution in [0.3, 0.4) is 0 Å². The van der Waals surface area contributed by atoms with Gasteiger partial charge in [-0.05, 0) is 49.4 Å². The molecule has 0 aliphatic carbocycles. The number of methoxy groups -OCH3 is 2. The van der Waals surface area contributed by atoms with E-state index in [2.05, 4.69) is 9.82 Å². The molecule has 0 aliphatic heterocycles. The van der Waals surface area contributed by atoms with Crippen LogP contribution >= 0.6 is 0 Å². The number of hydrogen-bond donors (Lipinski definition) is 1.